The van der Waals surface area contributed by atoms with Gasteiger partial charge >= 0.3 is 7.82 Å². The fourth-order valence-corrected chi connectivity index (χ4v) is 1.37. The first-order chi connectivity index (χ1) is 8.40. The summed E-state index contributed by atoms with van der Waals surface area (Å²) in [6.45, 7) is 1.34. The van der Waals surface area contributed by atoms with E-state index in [1.807, 2.05) is 19.2 Å². The normalized spacial score (nSPS) is 12.9. The molecule has 2 rings (SSSR count). The zero-order chi connectivity index (χ0) is 13.6. The predicted molar refractivity (Wildman–Crippen MR) is 64.5 cm³/mol. The Labute approximate surface area is 105 Å². The topological polar surface area (TPSA) is 108 Å². The molecular weight excluding hydrogens is 261 g/mol. The van der Waals surface area contributed by atoms with Crippen molar-refractivity contribution >= 4 is 7.82 Å². The summed E-state index contributed by atoms with van der Waals surface area (Å²) in [6, 6.07) is 6.08. The first-order valence-electron chi connectivity index (χ1n) is 5.21. The third-order valence-corrected chi connectivity index (χ3v) is 2.10. The Balaban J connectivity index is 0.000000280. The van der Waals surface area contributed by atoms with Gasteiger partial charge in [-0.15, -0.1) is 0 Å². The number of fused-ring (bicyclic) bond motifs is 1. The lowest BCUT2D eigenvalue weighted by Crippen LogP contribution is -2.10. The van der Waals surface area contributed by atoms with Gasteiger partial charge in [-0.25, -0.2) is 4.57 Å². The van der Waals surface area contributed by atoms with Crippen molar-refractivity contribution in [3.8, 4) is 11.5 Å². The Morgan fingerprint density at radius 1 is 1.28 bits per heavy atom. The highest BCUT2D eigenvalue weighted by atomic mass is 31.2. The van der Waals surface area contributed by atoms with Gasteiger partial charge in [0.25, 0.3) is 0 Å². The van der Waals surface area contributed by atoms with Gasteiger partial charge in [0.05, 0.1) is 0 Å². The molecule has 0 atom stereocenters. The molecule has 8 heteroatoms. The molecule has 18 heavy (non-hydrogen) atoms. The number of nitrogens with one attached hydrogen (secondary N) is 1. The molecule has 0 radical (unpaired) electrons. The van der Waals surface area contributed by atoms with Gasteiger partial charge in [-0.2, -0.15) is 0 Å². The second-order valence-electron chi connectivity index (χ2n) is 3.55. The van der Waals surface area contributed by atoms with Crippen LogP contribution in [-0.4, -0.2) is 35.1 Å². The predicted octanol–water partition coefficient (Wildman–Crippen LogP) is 0.249. The van der Waals surface area contributed by atoms with Crippen molar-refractivity contribution in [1.82, 2.24) is 5.32 Å². The summed E-state index contributed by atoms with van der Waals surface area (Å²) in [7, 11) is -2.69. The molecule has 0 aliphatic carbocycles. The zero-order valence-corrected chi connectivity index (χ0v) is 10.8. The standard InChI is InChI=1S/C10H13NO2.H3O4P/c1-11-5-4-8-2-3-9-10(6-8)13-7-12-9;1-5(2,3)4/h2-3,6,11H,4-5,7H2,1H3;(H3,1,2,3,4). The van der Waals surface area contributed by atoms with E-state index in [2.05, 4.69) is 11.4 Å². The van der Waals surface area contributed by atoms with E-state index in [1.165, 1.54) is 5.56 Å². The van der Waals surface area contributed by atoms with Gasteiger partial charge in [0, 0.05) is 0 Å². The Hall–Kier alpha value is -1.11. The SMILES string of the molecule is CNCCc1ccc2c(c1)OCO2.O=P(O)(O)O. The number of likely N-dealkylation sites (N-methyl/N-ethyl adjacent to an activating group) is 1. The number of hydrogen-bond donors (Lipinski definition) is 4. The smallest absolute Gasteiger partial charge is 0.454 e. The average Bonchev–Trinajstić information content (AvgIpc) is 2.71. The van der Waals surface area contributed by atoms with Gasteiger partial charge in [0.2, 0.25) is 6.79 Å². The Kier molecular flexibility index (Phi) is 5.58. The zero-order valence-electron chi connectivity index (χ0n) is 9.87. The van der Waals surface area contributed by atoms with Gasteiger partial charge in [-0.3, -0.25) is 0 Å². The summed E-state index contributed by atoms with van der Waals surface area (Å²) in [5.41, 5.74) is 1.28. The van der Waals surface area contributed by atoms with Crippen molar-refractivity contribution in [2.45, 2.75) is 6.42 Å². The maximum absolute atomic E-state index is 8.88. The molecule has 0 bridgehead atoms. The third-order valence-electron chi connectivity index (χ3n) is 2.10. The summed E-state index contributed by atoms with van der Waals surface area (Å²) in [4.78, 5) is 21.6. The van der Waals surface area contributed by atoms with Crippen LogP contribution >= 0.6 is 7.82 Å². The van der Waals surface area contributed by atoms with Gasteiger partial charge < -0.3 is 29.5 Å². The second kappa shape index (κ2) is 6.72. The Morgan fingerprint density at radius 2 is 1.89 bits per heavy atom. The number of benzene rings is 1. The van der Waals surface area contributed by atoms with Crippen LogP contribution in [0.2, 0.25) is 0 Å². The van der Waals surface area contributed by atoms with Crippen molar-refractivity contribution in [1.29, 1.82) is 0 Å². The molecule has 1 heterocycles. The van der Waals surface area contributed by atoms with Crippen molar-refractivity contribution in [2.24, 2.45) is 0 Å². The van der Waals surface area contributed by atoms with Crippen molar-refractivity contribution in [3.05, 3.63) is 23.8 Å². The monoisotopic (exact) mass is 277 g/mol. The Bertz CT molecular complexity index is 424. The van der Waals surface area contributed by atoms with E-state index in [-0.39, 0.29) is 0 Å². The van der Waals surface area contributed by atoms with E-state index in [1.54, 1.807) is 0 Å². The average molecular weight is 277 g/mol. The first-order valence-corrected chi connectivity index (χ1v) is 6.78. The summed E-state index contributed by atoms with van der Waals surface area (Å²) in [5, 5.41) is 3.11. The summed E-state index contributed by atoms with van der Waals surface area (Å²) >= 11 is 0. The molecule has 1 aliphatic heterocycles. The van der Waals surface area contributed by atoms with Crippen LogP contribution < -0.4 is 14.8 Å². The number of phosphoric acid groups is 1. The van der Waals surface area contributed by atoms with Crippen LogP contribution in [0.5, 0.6) is 11.5 Å². The molecule has 1 aromatic rings. The largest absolute Gasteiger partial charge is 0.466 e. The van der Waals surface area contributed by atoms with Gasteiger partial charge in [0.15, 0.2) is 11.5 Å². The minimum Gasteiger partial charge on any atom is -0.454 e. The van der Waals surface area contributed by atoms with E-state index in [0.29, 0.717) is 6.79 Å². The molecule has 0 saturated heterocycles. The molecule has 0 saturated carbocycles. The number of ether oxygens (including phenoxy) is 2. The molecule has 0 amide bonds. The van der Waals surface area contributed by atoms with Gasteiger partial charge in [-0.05, 0) is 37.7 Å². The molecule has 0 fully saturated rings. The number of rotatable bonds is 3. The number of hydrogen-bond acceptors (Lipinski definition) is 4. The van der Waals surface area contributed by atoms with Gasteiger partial charge in [-0.1, -0.05) is 6.07 Å². The van der Waals surface area contributed by atoms with E-state index in [4.69, 9.17) is 28.7 Å². The van der Waals surface area contributed by atoms with Crippen molar-refractivity contribution in [2.75, 3.05) is 20.4 Å². The summed E-state index contributed by atoms with van der Waals surface area (Å²) < 4.78 is 19.4. The highest BCUT2D eigenvalue weighted by Gasteiger charge is 2.12. The van der Waals surface area contributed by atoms with Crippen LogP contribution in [0.15, 0.2) is 18.2 Å². The maximum atomic E-state index is 8.88. The van der Waals surface area contributed by atoms with E-state index >= 15 is 0 Å². The fourth-order valence-electron chi connectivity index (χ4n) is 1.37. The lowest BCUT2D eigenvalue weighted by atomic mass is 10.1. The van der Waals surface area contributed by atoms with Gasteiger partial charge in [0.1, 0.15) is 0 Å². The lowest BCUT2D eigenvalue weighted by Gasteiger charge is -2.01. The summed E-state index contributed by atoms with van der Waals surface area (Å²) in [6.07, 6.45) is 1.02. The molecule has 102 valence electrons. The molecule has 0 aromatic heterocycles. The molecule has 1 aliphatic rings. The van der Waals surface area contributed by atoms with Crippen LogP contribution in [0.3, 0.4) is 0 Å². The van der Waals surface area contributed by atoms with E-state index < -0.39 is 7.82 Å². The molecule has 1 aromatic carbocycles. The third kappa shape index (κ3) is 6.00. The molecule has 4 N–H and O–H groups in total. The quantitative estimate of drug-likeness (QED) is 0.586. The molecule has 0 unspecified atom stereocenters. The highest BCUT2D eigenvalue weighted by molar-refractivity contribution is 7.45. The van der Waals surface area contributed by atoms with Crippen molar-refractivity contribution in [3.63, 3.8) is 0 Å². The van der Waals surface area contributed by atoms with Crippen LogP contribution in [0.4, 0.5) is 0 Å². The Morgan fingerprint density at radius 3 is 2.50 bits per heavy atom. The maximum Gasteiger partial charge on any atom is 0.466 e. The first kappa shape index (κ1) is 14.9. The van der Waals surface area contributed by atoms with Crippen LogP contribution in [0.25, 0.3) is 0 Å². The van der Waals surface area contributed by atoms with Crippen molar-refractivity contribution < 1.29 is 28.7 Å². The fraction of sp³-hybridized carbons (Fsp3) is 0.400. The van der Waals surface area contributed by atoms with E-state index in [9.17, 15) is 0 Å². The minimum absolute atomic E-state index is 0.352. The summed E-state index contributed by atoms with van der Waals surface area (Å²) in [5.74, 6) is 1.72. The molecular formula is C10H16NO6P. The minimum atomic E-state index is -4.64. The van der Waals surface area contributed by atoms with E-state index in [0.717, 1.165) is 24.5 Å². The highest BCUT2D eigenvalue weighted by Crippen LogP contribution is 2.32. The lowest BCUT2D eigenvalue weighted by molar-refractivity contribution is 0.174. The van der Waals surface area contributed by atoms with Crippen LogP contribution in [0.1, 0.15) is 5.56 Å². The van der Waals surface area contributed by atoms with Crippen LogP contribution in [0, 0.1) is 0 Å². The van der Waals surface area contributed by atoms with Crippen LogP contribution in [-0.2, 0) is 11.0 Å². The molecule has 7 nitrogen and oxygen atoms in total. The second-order valence-corrected chi connectivity index (χ2v) is 4.58. The molecule has 0 spiro atoms.